The highest BCUT2D eigenvalue weighted by Crippen LogP contribution is 2.32. The van der Waals surface area contributed by atoms with Crippen LogP contribution in [0.3, 0.4) is 0 Å². The lowest BCUT2D eigenvalue weighted by Crippen LogP contribution is -2.59. The van der Waals surface area contributed by atoms with E-state index in [-0.39, 0.29) is 36.3 Å². The summed E-state index contributed by atoms with van der Waals surface area (Å²) in [5.41, 5.74) is 0.968. The first-order valence-electron chi connectivity index (χ1n) is 11.6. The SMILES string of the molecule is CC1CN(C(=O)C(Cc2ccccc2)NC(=O)COc2ccccc2)CCN1C(=O)C1CC1. The molecular weight excluding hydrogens is 418 g/mol. The van der Waals surface area contributed by atoms with Gasteiger partial charge in [0.05, 0.1) is 0 Å². The first kappa shape index (κ1) is 22.8. The molecule has 3 amide bonds. The van der Waals surface area contributed by atoms with Crippen molar-refractivity contribution in [3.05, 3.63) is 66.2 Å². The summed E-state index contributed by atoms with van der Waals surface area (Å²) < 4.78 is 5.55. The van der Waals surface area contributed by atoms with E-state index in [1.807, 2.05) is 60.4 Å². The molecule has 1 saturated carbocycles. The first-order valence-corrected chi connectivity index (χ1v) is 11.6. The Labute approximate surface area is 194 Å². The Balaban J connectivity index is 1.39. The van der Waals surface area contributed by atoms with Crippen LogP contribution >= 0.6 is 0 Å². The summed E-state index contributed by atoms with van der Waals surface area (Å²) >= 11 is 0. The third kappa shape index (κ3) is 6.12. The molecule has 2 aromatic rings. The molecule has 1 aliphatic heterocycles. The summed E-state index contributed by atoms with van der Waals surface area (Å²) in [6, 6.07) is 18.0. The molecule has 2 aromatic carbocycles. The molecule has 0 bridgehead atoms. The van der Waals surface area contributed by atoms with E-state index < -0.39 is 6.04 Å². The molecule has 2 unspecified atom stereocenters. The number of nitrogens with zero attached hydrogens (tertiary/aromatic N) is 2. The molecular formula is C26H31N3O4. The monoisotopic (exact) mass is 449 g/mol. The number of benzene rings is 2. The third-order valence-corrected chi connectivity index (χ3v) is 6.18. The second kappa shape index (κ2) is 10.5. The van der Waals surface area contributed by atoms with Gasteiger partial charge in [0, 0.05) is 38.0 Å². The number of para-hydroxylation sites is 1. The maximum atomic E-state index is 13.4. The van der Waals surface area contributed by atoms with Gasteiger partial charge in [0.1, 0.15) is 11.8 Å². The van der Waals surface area contributed by atoms with Crippen LogP contribution in [-0.4, -0.2) is 65.8 Å². The van der Waals surface area contributed by atoms with E-state index in [0.29, 0.717) is 31.8 Å². The maximum Gasteiger partial charge on any atom is 0.258 e. The van der Waals surface area contributed by atoms with Crippen molar-refractivity contribution in [1.29, 1.82) is 0 Å². The van der Waals surface area contributed by atoms with Crippen LogP contribution < -0.4 is 10.1 Å². The zero-order valence-electron chi connectivity index (χ0n) is 19.0. The Bertz CT molecular complexity index is 962. The van der Waals surface area contributed by atoms with Gasteiger partial charge >= 0.3 is 0 Å². The van der Waals surface area contributed by atoms with Gasteiger partial charge in [-0.15, -0.1) is 0 Å². The fraction of sp³-hybridized carbons (Fsp3) is 0.423. The highest BCUT2D eigenvalue weighted by Gasteiger charge is 2.39. The Kier molecular flexibility index (Phi) is 7.27. The van der Waals surface area contributed by atoms with Crippen LogP contribution in [0.4, 0.5) is 0 Å². The number of hydrogen-bond donors (Lipinski definition) is 1. The predicted octanol–water partition coefficient (Wildman–Crippen LogP) is 2.26. The standard InChI is InChI=1S/C26H31N3O4/c1-19-17-28(14-15-29(19)25(31)21-12-13-21)26(32)23(16-20-8-4-2-5-9-20)27-24(30)18-33-22-10-6-3-7-11-22/h2-11,19,21,23H,12-18H2,1H3,(H,27,30). The summed E-state index contributed by atoms with van der Waals surface area (Å²) in [5.74, 6) is 0.510. The number of piperazine rings is 1. The molecule has 33 heavy (non-hydrogen) atoms. The Morgan fingerprint density at radius 1 is 1.00 bits per heavy atom. The summed E-state index contributed by atoms with van der Waals surface area (Å²) in [7, 11) is 0. The number of hydrogen-bond acceptors (Lipinski definition) is 4. The van der Waals surface area contributed by atoms with Crippen LogP contribution in [-0.2, 0) is 20.8 Å². The predicted molar refractivity (Wildman–Crippen MR) is 124 cm³/mol. The number of carbonyl (C=O) groups is 3. The molecule has 1 N–H and O–H groups in total. The summed E-state index contributed by atoms with van der Waals surface area (Å²) in [6.07, 6.45) is 2.34. The van der Waals surface area contributed by atoms with Gasteiger partial charge in [0.25, 0.3) is 5.91 Å². The van der Waals surface area contributed by atoms with Crippen molar-refractivity contribution < 1.29 is 19.1 Å². The van der Waals surface area contributed by atoms with E-state index in [4.69, 9.17) is 4.74 Å². The van der Waals surface area contributed by atoms with Crippen LogP contribution in [0.15, 0.2) is 60.7 Å². The van der Waals surface area contributed by atoms with Crippen molar-refractivity contribution in [1.82, 2.24) is 15.1 Å². The molecule has 0 radical (unpaired) electrons. The number of carbonyl (C=O) groups excluding carboxylic acids is 3. The second-order valence-electron chi connectivity index (χ2n) is 8.85. The summed E-state index contributed by atoms with van der Waals surface area (Å²) in [6.45, 7) is 3.30. The molecule has 7 nitrogen and oxygen atoms in total. The Hall–Kier alpha value is -3.35. The van der Waals surface area contributed by atoms with Crippen LogP contribution in [0.25, 0.3) is 0 Å². The van der Waals surface area contributed by atoms with Crippen molar-refractivity contribution in [2.45, 2.75) is 38.3 Å². The fourth-order valence-corrected chi connectivity index (χ4v) is 4.22. The summed E-state index contributed by atoms with van der Waals surface area (Å²) in [4.78, 5) is 42.3. The van der Waals surface area contributed by atoms with E-state index in [1.54, 1.807) is 17.0 Å². The quantitative estimate of drug-likeness (QED) is 0.671. The lowest BCUT2D eigenvalue weighted by molar-refractivity contribution is -0.145. The normalized spacial score (nSPS) is 19.0. The minimum Gasteiger partial charge on any atom is -0.484 e. The van der Waals surface area contributed by atoms with E-state index in [2.05, 4.69) is 5.32 Å². The smallest absolute Gasteiger partial charge is 0.258 e. The zero-order chi connectivity index (χ0) is 23.2. The Morgan fingerprint density at radius 2 is 1.67 bits per heavy atom. The molecule has 1 aliphatic carbocycles. The average molecular weight is 450 g/mol. The topological polar surface area (TPSA) is 79.0 Å². The molecule has 0 aromatic heterocycles. The number of ether oxygens (including phenoxy) is 1. The van der Waals surface area contributed by atoms with E-state index in [1.165, 1.54) is 0 Å². The highest BCUT2D eigenvalue weighted by atomic mass is 16.5. The zero-order valence-corrected chi connectivity index (χ0v) is 19.0. The van der Waals surface area contributed by atoms with Crippen molar-refractivity contribution in [2.75, 3.05) is 26.2 Å². The molecule has 4 rings (SSSR count). The number of rotatable bonds is 8. The fourth-order valence-electron chi connectivity index (χ4n) is 4.22. The number of nitrogens with one attached hydrogen (secondary N) is 1. The largest absolute Gasteiger partial charge is 0.484 e. The van der Waals surface area contributed by atoms with Gasteiger partial charge < -0.3 is 19.9 Å². The van der Waals surface area contributed by atoms with Gasteiger partial charge in [-0.1, -0.05) is 48.5 Å². The van der Waals surface area contributed by atoms with E-state index >= 15 is 0 Å². The maximum absolute atomic E-state index is 13.4. The van der Waals surface area contributed by atoms with Gasteiger partial charge in [0.15, 0.2) is 6.61 Å². The van der Waals surface area contributed by atoms with Crippen molar-refractivity contribution in [3.8, 4) is 5.75 Å². The molecule has 1 saturated heterocycles. The van der Waals surface area contributed by atoms with Crippen LogP contribution in [0, 0.1) is 5.92 Å². The van der Waals surface area contributed by atoms with Crippen LogP contribution in [0.5, 0.6) is 5.75 Å². The third-order valence-electron chi connectivity index (χ3n) is 6.18. The van der Waals surface area contributed by atoms with Gasteiger partial charge in [-0.3, -0.25) is 14.4 Å². The van der Waals surface area contributed by atoms with E-state index in [9.17, 15) is 14.4 Å². The van der Waals surface area contributed by atoms with Crippen molar-refractivity contribution >= 4 is 17.7 Å². The van der Waals surface area contributed by atoms with Crippen molar-refractivity contribution in [3.63, 3.8) is 0 Å². The molecule has 2 atom stereocenters. The Morgan fingerprint density at radius 3 is 2.30 bits per heavy atom. The molecule has 2 aliphatic rings. The van der Waals surface area contributed by atoms with Crippen molar-refractivity contribution in [2.24, 2.45) is 5.92 Å². The minimum absolute atomic E-state index is 0.0368. The first-order chi connectivity index (χ1) is 16.0. The number of amides is 3. The lowest BCUT2D eigenvalue weighted by atomic mass is 10.0. The lowest BCUT2D eigenvalue weighted by Gasteiger charge is -2.41. The van der Waals surface area contributed by atoms with Gasteiger partial charge in [0.2, 0.25) is 11.8 Å². The molecule has 7 heteroatoms. The van der Waals surface area contributed by atoms with E-state index in [0.717, 1.165) is 18.4 Å². The van der Waals surface area contributed by atoms with Gasteiger partial charge in [-0.2, -0.15) is 0 Å². The van der Waals surface area contributed by atoms with Gasteiger partial charge in [-0.25, -0.2) is 0 Å². The highest BCUT2D eigenvalue weighted by molar-refractivity contribution is 5.89. The molecule has 0 spiro atoms. The van der Waals surface area contributed by atoms with Crippen LogP contribution in [0.1, 0.15) is 25.3 Å². The molecule has 174 valence electrons. The minimum atomic E-state index is -0.697. The molecule has 2 fully saturated rings. The second-order valence-corrected chi connectivity index (χ2v) is 8.85. The average Bonchev–Trinajstić information content (AvgIpc) is 3.68. The van der Waals surface area contributed by atoms with Gasteiger partial charge in [-0.05, 0) is 37.5 Å². The molecule has 1 heterocycles. The summed E-state index contributed by atoms with van der Waals surface area (Å²) in [5, 5.41) is 2.87. The van der Waals surface area contributed by atoms with Crippen LogP contribution in [0.2, 0.25) is 0 Å².